The molecule has 0 saturated heterocycles. The SMILES string of the molecule is COC(C1=CCC(CNC(=O)OC(C)(C)C)C=C1)C(F)(F)F. The number of nitrogens with one attached hydrogen (secondary N) is 1. The summed E-state index contributed by atoms with van der Waals surface area (Å²) in [6.07, 6.45) is -1.96. The van der Waals surface area contributed by atoms with E-state index in [0.29, 0.717) is 13.0 Å². The van der Waals surface area contributed by atoms with Gasteiger partial charge in [0.2, 0.25) is 0 Å². The lowest BCUT2D eigenvalue weighted by Gasteiger charge is -2.24. The van der Waals surface area contributed by atoms with E-state index >= 15 is 0 Å². The van der Waals surface area contributed by atoms with Crippen molar-refractivity contribution < 1.29 is 27.4 Å². The van der Waals surface area contributed by atoms with E-state index in [-0.39, 0.29) is 11.5 Å². The molecule has 22 heavy (non-hydrogen) atoms. The standard InChI is InChI=1S/C15H22F3NO3/c1-14(2,3)22-13(20)19-9-10-5-7-11(8-6-10)12(21-4)15(16,17)18/h5,7-8,10,12H,6,9H2,1-4H3,(H,19,20). The molecule has 7 heteroatoms. The van der Waals surface area contributed by atoms with Crippen LogP contribution >= 0.6 is 0 Å². The van der Waals surface area contributed by atoms with Gasteiger partial charge in [0, 0.05) is 13.7 Å². The molecule has 4 nitrogen and oxygen atoms in total. The molecule has 0 aromatic carbocycles. The maximum atomic E-state index is 12.7. The number of hydrogen-bond acceptors (Lipinski definition) is 3. The Morgan fingerprint density at radius 2 is 2.05 bits per heavy atom. The van der Waals surface area contributed by atoms with Gasteiger partial charge in [-0.25, -0.2) is 4.79 Å². The number of amides is 1. The van der Waals surface area contributed by atoms with E-state index in [4.69, 9.17) is 4.74 Å². The van der Waals surface area contributed by atoms with Crippen molar-refractivity contribution in [1.82, 2.24) is 5.32 Å². The van der Waals surface area contributed by atoms with Crippen LogP contribution in [0, 0.1) is 5.92 Å². The Balaban J connectivity index is 2.49. The Hall–Kier alpha value is -1.50. The number of hydrogen-bond donors (Lipinski definition) is 1. The van der Waals surface area contributed by atoms with Crippen molar-refractivity contribution in [3.63, 3.8) is 0 Å². The first-order chi connectivity index (χ1) is 10.0. The zero-order chi connectivity index (χ0) is 17.0. The van der Waals surface area contributed by atoms with Gasteiger partial charge in [-0.2, -0.15) is 13.2 Å². The highest BCUT2D eigenvalue weighted by atomic mass is 19.4. The fraction of sp³-hybridized carbons (Fsp3) is 0.667. The highest BCUT2D eigenvalue weighted by molar-refractivity contribution is 5.67. The Morgan fingerprint density at radius 3 is 2.45 bits per heavy atom. The molecule has 0 spiro atoms. The Labute approximate surface area is 128 Å². The van der Waals surface area contributed by atoms with E-state index in [0.717, 1.165) is 7.11 Å². The van der Waals surface area contributed by atoms with E-state index < -0.39 is 24.0 Å². The second kappa shape index (κ2) is 7.17. The molecule has 1 aliphatic rings. The van der Waals surface area contributed by atoms with E-state index in [1.54, 1.807) is 26.8 Å². The molecule has 2 unspecified atom stereocenters. The number of carbonyl (C=O) groups excluding carboxylic acids is 1. The van der Waals surface area contributed by atoms with Gasteiger partial charge < -0.3 is 14.8 Å². The van der Waals surface area contributed by atoms with Gasteiger partial charge in [0.15, 0.2) is 6.10 Å². The van der Waals surface area contributed by atoms with Crippen LogP contribution in [0.2, 0.25) is 0 Å². The summed E-state index contributed by atoms with van der Waals surface area (Å²) in [6.45, 7) is 5.57. The summed E-state index contributed by atoms with van der Waals surface area (Å²) in [5.74, 6) is -0.0676. The molecular weight excluding hydrogens is 299 g/mol. The van der Waals surface area contributed by atoms with Gasteiger partial charge in [0.1, 0.15) is 5.60 Å². The van der Waals surface area contributed by atoms with Crippen LogP contribution in [0.1, 0.15) is 27.2 Å². The molecule has 126 valence electrons. The summed E-state index contributed by atoms with van der Waals surface area (Å²) in [5, 5.41) is 2.60. The van der Waals surface area contributed by atoms with Crippen molar-refractivity contribution in [3.05, 3.63) is 23.8 Å². The maximum Gasteiger partial charge on any atom is 0.418 e. The summed E-state index contributed by atoms with van der Waals surface area (Å²) in [7, 11) is 1.03. The van der Waals surface area contributed by atoms with E-state index in [9.17, 15) is 18.0 Å². The summed E-state index contributed by atoms with van der Waals surface area (Å²) in [6, 6.07) is 0. The molecule has 0 aliphatic heterocycles. The lowest BCUT2D eigenvalue weighted by molar-refractivity contribution is -0.199. The number of allylic oxidation sites excluding steroid dienone is 1. The minimum absolute atomic E-state index is 0.0676. The molecule has 0 radical (unpaired) electrons. The van der Waals surface area contributed by atoms with Crippen molar-refractivity contribution in [2.75, 3.05) is 13.7 Å². The van der Waals surface area contributed by atoms with Gasteiger partial charge in [-0.3, -0.25) is 0 Å². The molecule has 1 aliphatic carbocycles. The number of ether oxygens (including phenoxy) is 2. The third-order valence-electron chi connectivity index (χ3n) is 2.96. The van der Waals surface area contributed by atoms with Crippen molar-refractivity contribution in [2.24, 2.45) is 5.92 Å². The normalized spacial score (nSPS) is 20.3. The largest absolute Gasteiger partial charge is 0.444 e. The second-order valence-electron chi connectivity index (χ2n) is 6.10. The highest BCUT2D eigenvalue weighted by Crippen LogP contribution is 2.31. The molecule has 0 heterocycles. The van der Waals surface area contributed by atoms with Crippen LogP contribution in [0.25, 0.3) is 0 Å². The van der Waals surface area contributed by atoms with Crippen LogP contribution in [0.3, 0.4) is 0 Å². The van der Waals surface area contributed by atoms with Crippen LogP contribution in [0.15, 0.2) is 23.8 Å². The van der Waals surface area contributed by atoms with E-state index in [2.05, 4.69) is 10.1 Å². The van der Waals surface area contributed by atoms with Gasteiger partial charge in [0.05, 0.1) is 0 Å². The van der Waals surface area contributed by atoms with Crippen molar-refractivity contribution in [2.45, 2.75) is 45.1 Å². The van der Waals surface area contributed by atoms with Crippen LogP contribution in [-0.4, -0.2) is 37.6 Å². The molecule has 0 aromatic rings. The van der Waals surface area contributed by atoms with Crippen LogP contribution < -0.4 is 5.32 Å². The summed E-state index contributed by atoms with van der Waals surface area (Å²) < 4.78 is 47.8. The van der Waals surface area contributed by atoms with Gasteiger partial charge in [0.25, 0.3) is 0 Å². The third kappa shape index (κ3) is 6.09. The first-order valence-corrected chi connectivity index (χ1v) is 6.97. The van der Waals surface area contributed by atoms with Crippen LogP contribution in [0.4, 0.5) is 18.0 Å². The van der Waals surface area contributed by atoms with Crippen LogP contribution in [0.5, 0.6) is 0 Å². The van der Waals surface area contributed by atoms with Gasteiger partial charge >= 0.3 is 12.3 Å². The highest BCUT2D eigenvalue weighted by Gasteiger charge is 2.42. The first-order valence-electron chi connectivity index (χ1n) is 6.97. The molecular formula is C15H22F3NO3. The Bertz CT molecular complexity index is 450. The number of halogens is 3. The fourth-order valence-electron chi connectivity index (χ4n) is 2.01. The monoisotopic (exact) mass is 321 g/mol. The topological polar surface area (TPSA) is 47.6 Å². The maximum absolute atomic E-state index is 12.7. The second-order valence-corrected chi connectivity index (χ2v) is 6.10. The first kappa shape index (κ1) is 18.5. The summed E-state index contributed by atoms with van der Waals surface area (Å²) in [4.78, 5) is 11.5. The molecule has 1 N–H and O–H groups in total. The lowest BCUT2D eigenvalue weighted by Crippen LogP contribution is -2.36. The zero-order valence-electron chi connectivity index (χ0n) is 13.2. The van der Waals surface area contributed by atoms with Crippen molar-refractivity contribution >= 4 is 6.09 Å². The number of rotatable bonds is 4. The lowest BCUT2D eigenvalue weighted by atomic mass is 9.94. The Morgan fingerprint density at radius 1 is 1.41 bits per heavy atom. The molecule has 0 aromatic heterocycles. The molecule has 0 bridgehead atoms. The van der Waals surface area contributed by atoms with Gasteiger partial charge in [-0.05, 0) is 38.7 Å². The molecule has 1 amide bonds. The number of alkyl halides is 3. The third-order valence-corrected chi connectivity index (χ3v) is 2.96. The van der Waals surface area contributed by atoms with E-state index in [1.165, 1.54) is 12.2 Å². The number of alkyl carbamates (subject to hydrolysis) is 1. The average molecular weight is 321 g/mol. The van der Waals surface area contributed by atoms with Crippen molar-refractivity contribution in [3.8, 4) is 0 Å². The predicted molar refractivity (Wildman–Crippen MR) is 76.4 cm³/mol. The molecule has 2 atom stereocenters. The molecule has 1 rings (SSSR count). The summed E-state index contributed by atoms with van der Waals surface area (Å²) >= 11 is 0. The smallest absolute Gasteiger partial charge is 0.418 e. The Kier molecular flexibility index (Phi) is 6.05. The molecule has 0 fully saturated rings. The van der Waals surface area contributed by atoms with E-state index in [1.807, 2.05) is 0 Å². The fourth-order valence-corrected chi connectivity index (χ4v) is 2.01. The van der Waals surface area contributed by atoms with Gasteiger partial charge in [-0.1, -0.05) is 18.2 Å². The zero-order valence-corrected chi connectivity index (χ0v) is 13.2. The quantitative estimate of drug-likeness (QED) is 0.861. The predicted octanol–water partition coefficient (Wildman–Crippen LogP) is 3.59. The average Bonchev–Trinajstić information content (AvgIpc) is 2.35. The minimum atomic E-state index is -4.44. The van der Waals surface area contributed by atoms with Gasteiger partial charge in [-0.15, -0.1) is 0 Å². The number of carbonyl (C=O) groups is 1. The van der Waals surface area contributed by atoms with Crippen LogP contribution in [-0.2, 0) is 9.47 Å². The summed E-state index contributed by atoms with van der Waals surface area (Å²) in [5.41, 5.74) is -0.499. The number of methoxy groups -OCH3 is 1. The minimum Gasteiger partial charge on any atom is -0.444 e. The molecule has 0 saturated carbocycles. The van der Waals surface area contributed by atoms with Crippen molar-refractivity contribution in [1.29, 1.82) is 0 Å².